The minimum atomic E-state index is 0.162. The number of piperidine rings is 1. The molecule has 5 heteroatoms. The fourth-order valence-electron chi connectivity index (χ4n) is 4.52. The first-order valence-electron chi connectivity index (χ1n) is 10.5. The number of hydrogen-bond donors (Lipinski definition) is 0. The molecular weight excluding hydrogens is 338 g/mol. The zero-order valence-corrected chi connectivity index (χ0v) is 16.8. The lowest BCUT2D eigenvalue weighted by atomic mass is 9.94. The van der Waals surface area contributed by atoms with Crippen LogP contribution >= 0.6 is 0 Å². The Kier molecular flexibility index (Phi) is 6.89. The molecule has 0 aliphatic carbocycles. The molecule has 2 saturated heterocycles. The maximum atomic E-state index is 12.9. The van der Waals surface area contributed by atoms with E-state index in [1.807, 2.05) is 24.3 Å². The predicted octanol–water partition coefficient (Wildman–Crippen LogP) is 3.05. The minimum Gasteiger partial charge on any atom is -0.371 e. The minimum absolute atomic E-state index is 0.162. The third-order valence-corrected chi connectivity index (χ3v) is 6.32. The molecule has 27 heavy (non-hydrogen) atoms. The summed E-state index contributed by atoms with van der Waals surface area (Å²) in [6, 6.07) is 8.39. The van der Waals surface area contributed by atoms with Crippen molar-refractivity contribution in [2.45, 2.75) is 45.6 Å². The van der Waals surface area contributed by atoms with E-state index in [4.69, 9.17) is 0 Å². The quantitative estimate of drug-likeness (QED) is 0.721. The third-order valence-electron chi connectivity index (χ3n) is 6.32. The summed E-state index contributed by atoms with van der Waals surface area (Å²) in [6.07, 6.45) is 5.09. The molecule has 0 saturated carbocycles. The highest BCUT2D eigenvalue weighted by Gasteiger charge is 2.31. The van der Waals surface area contributed by atoms with E-state index in [0.29, 0.717) is 17.5 Å². The molecule has 2 heterocycles. The largest absolute Gasteiger partial charge is 0.371 e. The fraction of sp³-hybridized carbons (Fsp3) is 0.636. The van der Waals surface area contributed by atoms with Gasteiger partial charge < -0.3 is 9.80 Å². The number of piperazine rings is 1. The van der Waals surface area contributed by atoms with Gasteiger partial charge in [0, 0.05) is 62.5 Å². The molecule has 0 aromatic heterocycles. The summed E-state index contributed by atoms with van der Waals surface area (Å²) < 4.78 is 0. The zero-order valence-electron chi connectivity index (χ0n) is 16.8. The van der Waals surface area contributed by atoms with E-state index in [2.05, 4.69) is 28.5 Å². The number of hydrogen-bond acceptors (Lipinski definition) is 4. The second kappa shape index (κ2) is 9.36. The van der Waals surface area contributed by atoms with E-state index >= 15 is 0 Å². The van der Waals surface area contributed by atoms with E-state index in [9.17, 15) is 9.59 Å². The van der Waals surface area contributed by atoms with Crippen molar-refractivity contribution < 1.29 is 9.59 Å². The van der Waals surface area contributed by atoms with Gasteiger partial charge in [0.1, 0.15) is 6.29 Å². The van der Waals surface area contributed by atoms with Crippen LogP contribution in [0.1, 0.15) is 49.9 Å². The van der Waals surface area contributed by atoms with Crippen LogP contribution in [0.3, 0.4) is 0 Å². The molecule has 1 aromatic rings. The zero-order chi connectivity index (χ0) is 19.2. The Bertz CT molecular complexity index is 611. The van der Waals surface area contributed by atoms with Crippen molar-refractivity contribution in [3.8, 4) is 0 Å². The smallest absolute Gasteiger partial charge is 0.225 e. The molecule has 0 radical (unpaired) electrons. The highest BCUT2D eigenvalue weighted by atomic mass is 16.2. The van der Waals surface area contributed by atoms with Gasteiger partial charge >= 0.3 is 0 Å². The van der Waals surface area contributed by atoms with Gasteiger partial charge in [-0.25, -0.2) is 0 Å². The summed E-state index contributed by atoms with van der Waals surface area (Å²) in [7, 11) is 0. The Balaban J connectivity index is 1.48. The summed E-state index contributed by atoms with van der Waals surface area (Å²) in [6.45, 7) is 10.1. The molecule has 2 aliphatic heterocycles. The van der Waals surface area contributed by atoms with E-state index in [0.717, 1.165) is 64.1 Å². The van der Waals surface area contributed by atoms with Crippen molar-refractivity contribution >= 4 is 17.9 Å². The first-order chi connectivity index (χ1) is 13.2. The second-order valence-electron chi connectivity index (χ2n) is 7.80. The highest BCUT2D eigenvalue weighted by molar-refractivity contribution is 5.79. The first-order valence-corrected chi connectivity index (χ1v) is 10.5. The van der Waals surface area contributed by atoms with Crippen LogP contribution in [0.25, 0.3) is 0 Å². The van der Waals surface area contributed by atoms with Gasteiger partial charge in [-0.1, -0.05) is 13.8 Å². The van der Waals surface area contributed by atoms with Gasteiger partial charge in [0.2, 0.25) is 5.91 Å². The average Bonchev–Trinajstić information content (AvgIpc) is 2.75. The van der Waals surface area contributed by atoms with Gasteiger partial charge in [0.25, 0.3) is 0 Å². The van der Waals surface area contributed by atoms with Crippen molar-refractivity contribution in [2.75, 3.05) is 44.2 Å². The van der Waals surface area contributed by atoms with Crippen LogP contribution < -0.4 is 4.90 Å². The summed E-state index contributed by atoms with van der Waals surface area (Å²) >= 11 is 0. The van der Waals surface area contributed by atoms with Crippen LogP contribution in [0.2, 0.25) is 0 Å². The predicted molar refractivity (Wildman–Crippen MR) is 109 cm³/mol. The molecule has 0 N–H and O–H groups in total. The van der Waals surface area contributed by atoms with E-state index < -0.39 is 0 Å². The normalized spacial score (nSPS) is 19.5. The Morgan fingerprint density at radius 2 is 1.59 bits per heavy atom. The van der Waals surface area contributed by atoms with Crippen LogP contribution in [0.5, 0.6) is 0 Å². The van der Waals surface area contributed by atoms with Crippen LogP contribution in [0.15, 0.2) is 24.3 Å². The van der Waals surface area contributed by atoms with E-state index in [1.54, 1.807) is 0 Å². The molecule has 2 aliphatic rings. The third kappa shape index (κ3) is 4.70. The van der Waals surface area contributed by atoms with Crippen LogP contribution in [0.4, 0.5) is 5.69 Å². The van der Waals surface area contributed by atoms with Gasteiger partial charge in [0.15, 0.2) is 0 Å². The molecule has 1 amide bonds. The number of carbonyl (C=O) groups is 2. The summed E-state index contributed by atoms with van der Waals surface area (Å²) in [5, 5.41) is 0. The van der Waals surface area contributed by atoms with Crippen LogP contribution in [-0.2, 0) is 4.79 Å². The molecule has 3 rings (SSSR count). The van der Waals surface area contributed by atoms with Gasteiger partial charge in [-0.05, 0) is 49.9 Å². The molecule has 1 aromatic carbocycles. The molecular formula is C22H33N3O2. The topological polar surface area (TPSA) is 43.9 Å². The lowest BCUT2D eigenvalue weighted by Crippen LogP contribution is -2.53. The summed E-state index contributed by atoms with van der Waals surface area (Å²) in [4.78, 5) is 30.7. The molecule has 0 atom stereocenters. The SMILES string of the molecule is CCC(CC)N1CCN(C(=O)C2CCN(c3ccc(C=O)cc3)CC2)CC1. The molecule has 5 nitrogen and oxygen atoms in total. The van der Waals surface area contributed by atoms with Crippen molar-refractivity contribution in [3.05, 3.63) is 29.8 Å². The monoisotopic (exact) mass is 371 g/mol. The molecule has 0 spiro atoms. The summed E-state index contributed by atoms with van der Waals surface area (Å²) in [5.41, 5.74) is 1.85. The lowest BCUT2D eigenvalue weighted by Gasteiger charge is -2.41. The Morgan fingerprint density at radius 3 is 2.11 bits per heavy atom. The van der Waals surface area contributed by atoms with Gasteiger partial charge in [-0.2, -0.15) is 0 Å². The Hall–Kier alpha value is -1.88. The number of anilines is 1. The first kappa shape index (κ1) is 19.9. The van der Waals surface area contributed by atoms with E-state index in [-0.39, 0.29) is 5.92 Å². The summed E-state index contributed by atoms with van der Waals surface area (Å²) in [5.74, 6) is 0.519. The number of rotatable bonds is 6. The van der Waals surface area contributed by atoms with Crippen molar-refractivity contribution in [3.63, 3.8) is 0 Å². The van der Waals surface area contributed by atoms with Crippen molar-refractivity contribution in [2.24, 2.45) is 5.92 Å². The Morgan fingerprint density at radius 1 is 1.00 bits per heavy atom. The lowest BCUT2D eigenvalue weighted by molar-refractivity contribution is -0.138. The van der Waals surface area contributed by atoms with Crippen molar-refractivity contribution in [1.82, 2.24) is 9.80 Å². The molecule has 0 unspecified atom stereocenters. The Labute approximate surface area is 163 Å². The number of nitrogens with zero attached hydrogens (tertiary/aromatic N) is 3. The second-order valence-corrected chi connectivity index (χ2v) is 7.80. The van der Waals surface area contributed by atoms with Gasteiger partial charge in [0.05, 0.1) is 0 Å². The van der Waals surface area contributed by atoms with Crippen LogP contribution in [-0.4, -0.2) is 67.3 Å². The standard InChI is InChI=1S/C22H33N3O2/c1-3-20(4-2)24-13-15-25(16-14-24)22(27)19-9-11-23(12-10-19)21-7-5-18(17-26)6-8-21/h5-8,17,19-20H,3-4,9-16H2,1-2H3. The maximum Gasteiger partial charge on any atom is 0.225 e. The fourth-order valence-corrected chi connectivity index (χ4v) is 4.52. The number of carbonyl (C=O) groups excluding carboxylic acids is 2. The molecule has 148 valence electrons. The number of amides is 1. The van der Waals surface area contributed by atoms with E-state index in [1.165, 1.54) is 12.8 Å². The van der Waals surface area contributed by atoms with Gasteiger partial charge in [-0.15, -0.1) is 0 Å². The molecule has 0 bridgehead atoms. The number of aldehydes is 1. The van der Waals surface area contributed by atoms with Gasteiger partial charge in [-0.3, -0.25) is 14.5 Å². The average molecular weight is 372 g/mol. The maximum absolute atomic E-state index is 12.9. The van der Waals surface area contributed by atoms with Crippen molar-refractivity contribution in [1.29, 1.82) is 0 Å². The number of benzene rings is 1. The molecule has 2 fully saturated rings. The van der Waals surface area contributed by atoms with Crippen LogP contribution in [0, 0.1) is 5.92 Å². The highest BCUT2D eigenvalue weighted by Crippen LogP contribution is 2.25.